The van der Waals surface area contributed by atoms with Crippen LogP contribution in [-0.2, 0) is 11.0 Å². The Hall–Kier alpha value is -1.27. The molecule has 3 nitrogen and oxygen atoms in total. The third-order valence-corrected chi connectivity index (χ3v) is 2.36. The summed E-state index contributed by atoms with van der Waals surface area (Å²) < 4.78 is 38.0. The Balaban J connectivity index is 2.92. The molecular weight excluding hydrogens is 271 g/mol. The molecule has 1 rings (SSSR count). The Kier molecular flexibility index (Phi) is 4.98. The number of aliphatic hydroxyl groups is 1. The minimum Gasteiger partial charge on any atom is -0.396 e. The molecule has 0 radical (unpaired) electrons. The lowest BCUT2D eigenvalue weighted by Gasteiger charge is -2.14. The molecule has 0 aliphatic carbocycles. The Morgan fingerprint density at radius 1 is 1.39 bits per heavy atom. The summed E-state index contributed by atoms with van der Waals surface area (Å²) in [5.41, 5.74) is -1.33. The van der Waals surface area contributed by atoms with Gasteiger partial charge in [0.05, 0.1) is 11.3 Å². The lowest BCUT2D eigenvalue weighted by Crippen LogP contribution is -2.16. The molecule has 0 spiro atoms. The molecule has 7 heteroatoms. The molecule has 0 saturated carbocycles. The molecule has 0 aromatic heterocycles. The van der Waals surface area contributed by atoms with Crippen LogP contribution in [0, 0.1) is 0 Å². The first-order valence-electron chi connectivity index (χ1n) is 5.12. The normalized spacial score (nSPS) is 11.4. The highest BCUT2D eigenvalue weighted by molar-refractivity contribution is 6.30. The average Bonchev–Trinajstić information content (AvgIpc) is 2.27. The molecule has 0 unspecified atom stereocenters. The third kappa shape index (κ3) is 4.19. The molecule has 100 valence electrons. The van der Waals surface area contributed by atoms with Crippen LogP contribution in [0.15, 0.2) is 18.2 Å². The van der Waals surface area contributed by atoms with Gasteiger partial charge in [0.1, 0.15) is 0 Å². The molecule has 0 heterocycles. The van der Waals surface area contributed by atoms with Gasteiger partial charge in [-0.2, -0.15) is 13.2 Å². The summed E-state index contributed by atoms with van der Waals surface area (Å²) in [5.74, 6) is -0.586. The number of carbonyl (C=O) groups is 1. The molecule has 0 aliphatic rings. The Morgan fingerprint density at radius 2 is 2.06 bits per heavy atom. The average molecular weight is 282 g/mol. The zero-order chi connectivity index (χ0) is 13.8. The fourth-order valence-corrected chi connectivity index (χ4v) is 1.48. The van der Waals surface area contributed by atoms with Crippen LogP contribution >= 0.6 is 11.6 Å². The van der Waals surface area contributed by atoms with E-state index in [2.05, 4.69) is 5.32 Å². The summed E-state index contributed by atoms with van der Waals surface area (Å²) in [6.45, 7) is -0.194. The standard InChI is InChI=1S/C11H11ClF3NO2/c12-7-3-4-9(8(6-7)11(13,14)15)16-10(18)2-1-5-17/h3-4,6,17H,1-2,5H2,(H,16,18). The van der Waals surface area contributed by atoms with Crippen LogP contribution < -0.4 is 5.32 Å². The van der Waals surface area contributed by atoms with Gasteiger partial charge in [0.25, 0.3) is 0 Å². The number of aliphatic hydroxyl groups excluding tert-OH is 1. The van der Waals surface area contributed by atoms with Gasteiger partial charge < -0.3 is 10.4 Å². The van der Waals surface area contributed by atoms with Gasteiger partial charge in [0.15, 0.2) is 0 Å². The fourth-order valence-electron chi connectivity index (χ4n) is 1.31. The molecule has 18 heavy (non-hydrogen) atoms. The van der Waals surface area contributed by atoms with Crippen molar-refractivity contribution in [3.05, 3.63) is 28.8 Å². The van der Waals surface area contributed by atoms with Crippen LogP contribution in [0.5, 0.6) is 0 Å². The van der Waals surface area contributed by atoms with Gasteiger partial charge in [-0.3, -0.25) is 4.79 Å². The molecule has 1 aromatic rings. The molecule has 0 fully saturated rings. The highest BCUT2D eigenvalue weighted by Crippen LogP contribution is 2.36. The number of benzene rings is 1. The summed E-state index contributed by atoms with van der Waals surface area (Å²) in [4.78, 5) is 11.3. The summed E-state index contributed by atoms with van der Waals surface area (Å²) in [5, 5.41) is 10.6. The first kappa shape index (κ1) is 14.8. The minimum absolute atomic E-state index is 0.0452. The molecule has 0 aliphatic heterocycles. The number of anilines is 1. The number of nitrogens with one attached hydrogen (secondary N) is 1. The van der Waals surface area contributed by atoms with Gasteiger partial charge in [-0.1, -0.05) is 11.6 Å². The second kappa shape index (κ2) is 6.06. The molecule has 0 saturated heterocycles. The first-order valence-corrected chi connectivity index (χ1v) is 5.50. The quantitative estimate of drug-likeness (QED) is 0.891. The van der Waals surface area contributed by atoms with E-state index in [9.17, 15) is 18.0 Å². The molecule has 0 bridgehead atoms. The number of carbonyl (C=O) groups excluding carboxylic acids is 1. The van der Waals surface area contributed by atoms with E-state index in [1.165, 1.54) is 6.07 Å². The van der Waals surface area contributed by atoms with E-state index in [1.54, 1.807) is 0 Å². The van der Waals surface area contributed by atoms with Crippen molar-refractivity contribution in [2.75, 3.05) is 11.9 Å². The number of amides is 1. The maximum atomic E-state index is 12.7. The van der Waals surface area contributed by atoms with Crippen molar-refractivity contribution in [1.82, 2.24) is 0 Å². The number of rotatable bonds is 4. The molecule has 2 N–H and O–H groups in total. The van der Waals surface area contributed by atoms with Crippen LogP contribution in [0.3, 0.4) is 0 Å². The van der Waals surface area contributed by atoms with E-state index in [0.29, 0.717) is 0 Å². The topological polar surface area (TPSA) is 49.3 Å². The van der Waals surface area contributed by atoms with Crippen molar-refractivity contribution in [2.24, 2.45) is 0 Å². The number of hydrogen-bond donors (Lipinski definition) is 2. The van der Waals surface area contributed by atoms with Gasteiger partial charge in [0.2, 0.25) is 5.91 Å². The van der Waals surface area contributed by atoms with Gasteiger partial charge in [-0.05, 0) is 24.6 Å². The van der Waals surface area contributed by atoms with Crippen molar-refractivity contribution in [3.63, 3.8) is 0 Å². The van der Waals surface area contributed by atoms with Gasteiger partial charge in [0, 0.05) is 18.1 Å². The largest absolute Gasteiger partial charge is 0.418 e. The van der Waals surface area contributed by atoms with Crippen LogP contribution in [0.4, 0.5) is 18.9 Å². The number of hydrogen-bond acceptors (Lipinski definition) is 2. The molecule has 1 amide bonds. The predicted octanol–water partition coefficient (Wildman–Crippen LogP) is 3.07. The molecule has 0 atom stereocenters. The van der Waals surface area contributed by atoms with E-state index in [4.69, 9.17) is 16.7 Å². The van der Waals surface area contributed by atoms with E-state index >= 15 is 0 Å². The van der Waals surface area contributed by atoms with Crippen molar-refractivity contribution in [2.45, 2.75) is 19.0 Å². The van der Waals surface area contributed by atoms with Crippen molar-refractivity contribution < 1.29 is 23.1 Å². The van der Waals surface area contributed by atoms with Crippen molar-refractivity contribution in [3.8, 4) is 0 Å². The zero-order valence-corrected chi connectivity index (χ0v) is 9.98. The SMILES string of the molecule is O=C(CCCO)Nc1ccc(Cl)cc1C(F)(F)F. The zero-order valence-electron chi connectivity index (χ0n) is 9.22. The van der Waals surface area contributed by atoms with Crippen LogP contribution in [0.2, 0.25) is 5.02 Å². The van der Waals surface area contributed by atoms with E-state index < -0.39 is 17.6 Å². The lowest BCUT2D eigenvalue weighted by molar-refractivity contribution is -0.137. The van der Waals surface area contributed by atoms with Crippen molar-refractivity contribution in [1.29, 1.82) is 0 Å². The summed E-state index contributed by atoms with van der Waals surface area (Å²) in [6.07, 6.45) is -4.44. The number of halogens is 4. The summed E-state index contributed by atoms with van der Waals surface area (Å²) in [6, 6.07) is 3.11. The predicted molar refractivity (Wildman–Crippen MR) is 61.4 cm³/mol. The van der Waals surface area contributed by atoms with Crippen LogP contribution in [-0.4, -0.2) is 17.6 Å². The van der Waals surface area contributed by atoms with E-state index in [0.717, 1.165) is 12.1 Å². The summed E-state index contributed by atoms with van der Waals surface area (Å²) in [7, 11) is 0. The third-order valence-electron chi connectivity index (χ3n) is 2.12. The van der Waals surface area contributed by atoms with Crippen molar-refractivity contribution >= 4 is 23.2 Å². The lowest BCUT2D eigenvalue weighted by atomic mass is 10.1. The Morgan fingerprint density at radius 3 is 2.61 bits per heavy atom. The first-order chi connectivity index (χ1) is 8.34. The fraction of sp³-hybridized carbons (Fsp3) is 0.364. The van der Waals surface area contributed by atoms with Gasteiger partial charge in [-0.15, -0.1) is 0 Å². The highest BCUT2D eigenvalue weighted by atomic mass is 35.5. The maximum Gasteiger partial charge on any atom is 0.418 e. The second-order valence-electron chi connectivity index (χ2n) is 3.56. The highest BCUT2D eigenvalue weighted by Gasteiger charge is 2.34. The van der Waals surface area contributed by atoms with Crippen LogP contribution in [0.1, 0.15) is 18.4 Å². The molecule has 1 aromatic carbocycles. The second-order valence-corrected chi connectivity index (χ2v) is 4.00. The monoisotopic (exact) mass is 281 g/mol. The van der Waals surface area contributed by atoms with E-state index in [-0.39, 0.29) is 30.2 Å². The number of alkyl halides is 3. The van der Waals surface area contributed by atoms with Gasteiger partial charge in [-0.25, -0.2) is 0 Å². The van der Waals surface area contributed by atoms with E-state index in [1.807, 2.05) is 0 Å². The van der Waals surface area contributed by atoms with Crippen LogP contribution in [0.25, 0.3) is 0 Å². The maximum absolute atomic E-state index is 12.7. The summed E-state index contributed by atoms with van der Waals surface area (Å²) >= 11 is 5.50. The minimum atomic E-state index is -4.59. The smallest absolute Gasteiger partial charge is 0.396 e. The Labute approximate surface area is 107 Å². The molecular formula is C11H11ClF3NO2. The Bertz CT molecular complexity index is 435. The van der Waals surface area contributed by atoms with Gasteiger partial charge >= 0.3 is 6.18 Å².